The number of esters is 2. The average Bonchev–Trinajstić information content (AvgIpc) is 3.57. The minimum Gasteiger partial charge on any atom is -0.469 e. The van der Waals surface area contributed by atoms with Crippen molar-refractivity contribution < 1.29 is 28.6 Å². The van der Waals surface area contributed by atoms with Gasteiger partial charge in [-0.2, -0.15) is 0 Å². The molecule has 1 heterocycles. The van der Waals surface area contributed by atoms with Gasteiger partial charge in [-0.05, 0) is 85.9 Å². The number of rotatable bonds is 7. The fourth-order valence-electron chi connectivity index (χ4n) is 10.4. The predicted molar refractivity (Wildman–Crippen MR) is 135 cm³/mol. The van der Waals surface area contributed by atoms with Gasteiger partial charge in [0.1, 0.15) is 12.4 Å². The van der Waals surface area contributed by atoms with Gasteiger partial charge >= 0.3 is 11.9 Å². The zero-order valence-electron chi connectivity index (χ0n) is 23.0. The van der Waals surface area contributed by atoms with Crippen LogP contribution in [0.3, 0.4) is 0 Å². The number of ether oxygens (including phenoxy) is 3. The lowest BCUT2D eigenvalue weighted by molar-refractivity contribution is -0.207. The summed E-state index contributed by atoms with van der Waals surface area (Å²) in [4.78, 5) is 36.2. The van der Waals surface area contributed by atoms with E-state index >= 15 is 0 Å². The summed E-state index contributed by atoms with van der Waals surface area (Å²) < 4.78 is 17.9. The van der Waals surface area contributed by atoms with Crippen LogP contribution < -0.4 is 0 Å². The second-order valence-electron chi connectivity index (χ2n) is 13.3. The highest BCUT2D eigenvalue weighted by molar-refractivity contribution is 5.69. The molecule has 5 rings (SSSR count). The van der Waals surface area contributed by atoms with Crippen LogP contribution in [-0.2, 0) is 28.6 Å². The highest BCUT2D eigenvalue weighted by Crippen LogP contribution is 2.74. The summed E-state index contributed by atoms with van der Waals surface area (Å²) in [5.74, 6) is 2.44. The number of carbonyl (C=O) groups is 3. The van der Waals surface area contributed by atoms with Crippen LogP contribution in [0, 0.1) is 58.2 Å². The molecule has 4 aliphatic carbocycles. The van der Waals surface area contributed by atoms with Crippen molar-refractivity contribution in [1.29, 1.82) is 0 Å². The molecule has 0 aromatic carbocycles. The molecular formula is C30H46O6. The van der Waals surface area contributed by atoms with E-state index in [1.165, 1.54) is 7.11 Å². The molecule has 1 aliphatic heterocycles. The Balaban J connectivity index is 1.51. The van der Waals surface area contributed by atoms with Crippen LogP contribution in [0.15, 0.2) is 0 Å². The Hall–Kier alpha value is -1.43. The molecule has 6 nitrogen and oxygen atoms in total. The fraction of sp³-hybridized carbons (Fsp3) is 0.900. The standard InChI is InChI=1S/C30H46O6/c1-7-19-22-14-18(15-31)12-13-29(22,4)25-24(26(19)35-17(3)32)21-10-9-20(16(2)8-11-23(33)34-6)30(21,5)28-27(25)36-28/h15-16,18-22,24-28H,7-14H2,1-6H3/t16-,18-,19-,20-,21?,22+,24?,25?,26-,27-,28-,29+,30-/m1/s1. The topological polar surface area (TPSA) is 82.2 Å². The Bertz CT molecular complexity index is 887. The van der Waals surface area contributed by atoms with Crippen LogP contribution in [0.1, 0.15) is 86.0 Å². The lowest BCUT2D eigenvalue weighted by atomic mass is 9.41. The predicted octanol–water partition coefficient (Wildman–Crippen LogP) is 5.21. The smallest absolute Gasteiger partial charge is 0.305 e. The van der Waals surface area contributed by atoms with Crippen molar-refractivity contribution in [3.05, 3.63) is 0 Å². The third kappa shape index (κ3) is 3.79. The molecule has 0 spiro atoms. The minimum atomic E-state index is -0.190. The summed E-state index contributed by atoms with van der Waals surface area (Å²) in [7, 11) is 1.46. The van der Waals surface area contributed by atoms with E-state index in [1.54, 1.807) is 6.92 Å². The van der Waals surface area contributed by atoms with Gasteiger partial charge < -0.3 is 19.0 Å². The van der Waals surface area contributed by atoms with Crippen LogP contribution in [-0.4, -0.2) is 43.6 Å². The Kier molecular flexibility index (Phi) is 6.83. The minimum absolute atomic E-state index is 0.0290. The molecule has 36 heavy (non-hydrogen) atoms. The van der Waals surface area contributed by atoms with Crippen molar-refractivity contribution >= 4 is 18.2 Å². The summed E-state index contributed by atoms with van der Waals surface area (Å²) in [6.07, 6.45) is 8.95. The molecule has 0 aromatic rings. The van der Waals surface area contributed by atoms with Crippen LogP contribution in [0.4, 0.5) is 0 Å². The lowest BCUT2D eigenvalue weighted by Crippen LogP contribution is -2.65. The molecule has 4 saturated carbocycles. The van der Waals surface area contributed by atoms with E-state index in [0.29, 0.717) is 41.9 Å². The number of aldehydes is 1. The highest BCUT2D eigenvalue weighted by atomic mass is 16.6. The molecule has 0 amide bonds. The SMILES string of the molecule is CC[C@H]1[C@@H](OC(C)=O)C2C3CC[C@H]([C@H](C)CCC(=O)OC)[C@@]3(C)[C@@H]3O[C@@H]3C2[C@@]2(C)CC[C@@H](C=O)C[C@@H]12. The van der Waals surface area contributed by atoms with Gasteiger partial charge in [-0.15, -0.1) is 0 Å². The number of epoxide rings is 1. The first-order chi connectivity index (χ1) is 17.1. The number of carbonyl (C=O) groups excluding carboxylic acids is 3. The average molecular weight is 503 g/mol. The molecule has 0 aromatic heterocycles. The molecule has 13 atom stereocenters. The molecule has 3 unspecified atom stereocenters. The molecule has 6 heteroatoms. The van der Waals surface area contributed by atoms with E-state index < -0.39 is 0 Å². The number of fused-ring (bicyclic) bond motifs is 8. The summed E-state index contributed by atoms with van der Waals surface area (Å²) in [5.41, 5.74) is 0.137. The van der Waals surface area contributed by atoms with Gasteiger partial charge in [0.25, 0.3) is 0 Å². The Labute approximate surface area is 216 Å². The zero-order chi connectivity index (χ0) is 26.0. The summed E-state index contributed by atoms with van der Waals surface area (Å²) >= 11 is 0. The van der Waals surface area contributed by atoms with E-state index in [1.807, 2.05) is 0 Å². The first kappa shape index (κ1) is 26.2. The Morgan fingerprint density at radius 2 is 1.92 bits per heavy atom. The molecule has 202 valence electrons. The highest BCUT2D eigenvalue weighted by Gasteiger charge is 2.76. The molecule has 0 bridgehead atoms. The third-order valence-corrected chi connectivity index (χ3v) is 12.0. The molecule has 0 radical (unpaired) electrons. The molecule has 1 saturated heterocycles. The maximum Gasteiger partial charge on any atom is 0.305 e. The van der Waals surface area contributed by atoms with Gasteiger partial charge in [-0.25, -0.2) is 0 Å². The van der Waals surface area contributed by atoms with E-state index in [0.717, 1.165) is 51.2 Å². The maximum absolute atomic E-state index is 12.5. The first-order valence-electron chi connectivity index (χ1n) is 14.5. The Morgan fingerprint density at radius 3 is 2.56 bits per heavy atom. The third-order valence-electron chi connectivity index (χ3n) is 12.0. The van der Waals surface area contributed by atoms with E-state index in [2.05, 4.69) is 27.7 Å². The van der Waals surface area contributed by atoms with Crippen LogP contribution in [0.5, 0.6) is 0 Å². The van der Waals surface area contributed by atoms with Gasteiger partial charge in [0.2, 0.25) is 0 Å². The summed E-state index contributed by atoms with van der Waals surface area (Å²) in [5, 5.41) is 0. The van der Waals surface area contributed by atoms with Gasteiger partial charge in [-0.3, -0.25) is 9.59 Å². The molecular weight excluding hydrogens is 456 g/mol. The second-order valence-corrected chi connectivity index (χ2v) is 13.3. The zero-order valence-corrected chi connectivity index (χ0v) is 23.0. The van der Waals surface area contributed by atoms with Crippen molar-refractivity contribution in [2.24, 2.45) is 58.2 Å². The summed E-state index contributed by atoms with van der Waals surface area (Å²) in [6.45, 7) is 11.0. The van der Waals surface area contributed by atoms with Gasteiger partial charge in [-0.1, -0.05) is 27.7 Å². The van der Waals surface area contributed by atoms with Gasteiger partial charge in [0.05, 0.1) is 19.3 Å². The molecule has 5 aliphatic rings. The van der Waals surface area contributed by atoms with Crippen molar-refractivity contribution in [3.63, 3.8) is 0 Å². The van der Waals surface area contributed by atoms with E-state index in [4.69, 9.17) is 14.2 Å². The lowest BCUT2D eigenvalue weighted by Gasteiger charge is -2.63. The van der Waals surface area contributed by atoms with Crippen molar-refractivity contribution in [1.82, 2.24) is 0 Å². The van der Waals surface area contributed by atoms with Crippen molar-refractivity contribution in [3.8, 4) is 0 Å². The molecule has 0 N–H and O–H groups in total. The fourth-order valence-corrected chi connectivity index (χ4v) is 10.4. The van der Waals surface area contributed by atoms with Crippen molar-refractivity contribution in [2.45, 2.75) is 104 Å². The Morgan fingerprint density at radius 1 is 1.17 bits per heavy atom. The molecule has 5 fully saturated rings. The number of hydrogen-bond acceptors (Lipinski definition) is 6. The monoisotopic (exact) mass is 502 g/mol. The number of hydrogen-bond donors (Lipinski definition) is 0. The largest absolute Gasteiger partial charge is 0.469 e. The normalized spacial score (nSPS) is 49.5. The summed E-state index contributed by atoms with van der Waals surface area (Å²) in [6, 6.07) is 0. The quantitative estimate of drug-likeness (QED) is 0.270. The first-order valence-corrected chi connectivity index (χ1v) is 14.5. The van der Waals surface area contributed by atoms with Crippen LogP contribution in [0.25, 0.3) is 0 Å². The van der Waals surface area contributed by atoms with Crippen LogP contribution >= 0.6 is 0 Å². The van der Waals surface area contributed by atoms with Crippen molar-refractivity contribution in [2.75, 3.05) is 7.11 Å². The van der Waals surface area contributed by atoms with Gasteiger partial charge in [0, 0.05) is 30.6 Å². The number of methoxy groups -OCH3 is 1. The van der Waals surface area contributed by atoms with Crippen LogP contribution in [0.2, 0.25) is 0 Å². The van der Waals surface area contributed by atoms with E-state index in [-0.39, 0.29) is 52.9 Å². The van der Waals surface area contributed by atoms with Gasteiger partial charge in [0.15, 0.2) is 0 Å². The maximum atomic E-state index is 12.5. The van der Waals surface area contributed by atoms with E-state index in [9.17, 15) is 14.4 Å². The second kappa shape index (κ2) is 9.39.